The van der Waals surface area contributed by atoms with Crippen molar-refractivity contribution in [2.24, 2.45) is 34.5 Å². The molecule has 0 radical (unpaired) electrons. The summed E-state index contributed by atoms with van der Waals surface area (Å²) in [6, 6.07) is 0. The largest absolute Gasteiger partial charge is 0.377 e. The van der Waals surface area contributed by atoms with Gasteiger partial charge in [-0.05, 0) is 92.1 Å². The highest BCUT2D eigenvalue weighted by Gasteiger charge is 2.64. The van der Waals surface area contributed by atoms with Crippen molar-refractivity contribution in [2.45, 2.75) is 83.7 Å². The molecular weight excluding hydrogens is 304 g/mol. The lowest BCUT2D eigenvalue weighted by atomic mass is 9.44. The SMILES string of the molecule is C[C@]12CCCC[C@@H]1CC[C@H]1[C@H]2CC[C@@]2(C)[C@@H]1CC[C@@]2(O)C#CCl. The Hall–Kier alpha value is -0.190. The summed E-state index contributed by atoms with van der Waals surface area (Å²) in [5.74, 6) is 6.28. The molecule has 0 aliphatic heterocycles. The Bertz CT molecular complexity index is 548. The van der Waals surface area contributed by atoms with Crippen LogP contribution in [0.5, 0.6) is 0 Å². The van der Waals surface area contributed by atoms with Gasteiger partial charge in [0.2, 0.25) is 0 Å². The van der Waals surface area contributed by atoms with Gasteiger partial charge >= 0.3 is 0 Å². The van der Waals surface area contributed by atoms with Crippen molar-refractivity contribution in [1.29, 1.82) is 0 Å². The van der Waals surface area contributed by atoms with Gasteiger partial charge in [0.1, 0.15) is 5.60 Å². The number of hydrogen-bond acceptors (Lipinski definition) is 1. The van der Waals surface area contributed by atoms with Crippen LogP contribution in [0.15, 0.2) is 0 Å². The molecule has 0 aromatic heterocycles. The van der Waals surface area contributed by atoms with E-state index in [0.717, 1.165) is 37.0 Å². The van der Waals surface area contributed by atoms with Crippen molar-refractivity contribution in [1.82, 2.24) is 0 Å². The molecule has 7 atom stereocenters. The Kier molecular flexibility index (Phi) is 3.83. The average molecular weight is 335 g/mol. The van der Waals surface area contributed by atoms with Gasteiger partial charge in [0, 0.05) is 10.8 Å². The van der Waals surface area contributed by atoms with Crippen molar-refractivity contribution in [2.75, 3.05) is 0 Å². The van der Waals surface area contributed by atoms with Crippen LogP contribution in [0.25, 0.3) is 0 Å². The molecule has 0 amide bonds. The smallest absolute Gasteiger partial charge is 0.132 e. The molecule has 2 heteroatoms. The van der Waals surface area contributed by atoms with E-state index in [0.29, 0.717) is 11.3 Å². The maximum absolute atomic E-state index is 11.2. The highest BCUT2D eigenvalue weighted by atomic mass is 35.5. The number of aliphatic hydroxyl groups is 1. The van der Waals surface area contributed by atoms with Crippen molar-refractivity contribution in [3.8, 4) is 11.3 Å². The van der Waals surface area contributed by atoms with Crippen molar-refractivity contribution < 1.29 is 5.11 Å². The summed E-state index contributed by atoms with van der Waals surface area (Å²) < 4.78 is 0. The fourth-order valence-corrected chi connectivity index (χ4v) is 7.75. The van der Waals surface area contributed by atoms with E-state index < -0.39 is 5.60 Å². The van der Waals surface area contributed by atoms with E-state index in [-0.39, 0.29) is 5.41 Å². The predicted molar refractivity (Wildman–Crippen MR) is 94.9 cm³/mol. The number of fused-ring (bicyclic) bond motifs is 5. The van der Waals surface area contributed by atoms with Crippen LogP contribution in [-0.4, -0.2) is 10.7 Å². The summed E-state index contributed by atoms with van der Waals surface area (Å²) in [5.41, 5.74) is -0.329. The molecule has 0 unspecified atom stereocenters. The van der Waals surface area contributed by atoms with Crippen molar-refractivity contribution >= 4 is 11.6 Å². The van der Waals surface area contributed by atoms with Gasteiger partial charge < -0.3 is 5.11 Å². The molecule has 1 N–H and O–H groups in total. The van der Waals surface area contributed by atoms with Crippen LogP contribution in [0.4, 0.5) is 0 Å². The van der Waals surface area contributed by atoms with Crippen LogP contribution in [0.2, 0.25) is 0 Å². The Morgan fingerprint density at radius 2 is 1.70 bits per heavy atom. The molecule has 23 heavy (non-hydrogen) atoms. The third-order valence-corrected chi connectivity index (χ3v) is 9.08. The van der Waals surface area contributed by atoms with Crippen LogP contribution in [0.3, 0.4) is 0 Å². The zero-order chi connectivity index (χ0) is 16.3. The monoisotopic (exact) mass is 334 g/mol. The molecule has 0 heterocycles. The van der Waals surface area contributed by atoms with E-state index >= 15 is 0 Å². The van der Waals surface area contributed by atoms with Gasteiger partial charge in [0.05, 0.1) is 0 Å². The second-order valence-corrected chi connectivity index (χ2v) is 9.67. The summed E-state index contributed by atoms with van der Waals surface area (Å²) in [6.45, 7) is 4.91. The fraction of sp³-hybridized carbons (Fsp3) is 0.905. The van der Waals surface area contributed by atoms with Crippen LogP contribution in [-0.2, 0) is 0 Å². The van der Waals surface area contributed by atoms with E-state index in [2.05, 4.69) is 25.1 Å². The van der Waals surface area contributed by atoms with Gasteiger partial charge in [0.25, 0.3) is 0 Å². The maximum atomic E-state index is 11.2. The lowest BCUT2D eigenvalue weighted by Gasteiger charge is -2.60. The standard InChI is InChI=1S/C21H31ClO/c1-19-10-4-3-5-15(19)6-7-16-17(19)8-11-20(2)18(16)9-12-21(20,23)13-14-22/h15-18,23H,3-12H2,1-2H3/t15-,16+,17-,18-,19+,20+,21-/m1/s1. The lowest BCUT2D eigenvalue weighted by Crippen LogP contribution is -2.55. The van der Waals surface area contributed by atoms with Crippen LogP contribution < -0.4 is 0 Å². The first-order valence-electron chi connectivity index (χ1n) is 9.80. The molecule has 4 rings (SSSR count). The molecule has 0 saturated heterocycles. The predicted octanol–water partition coefficient (Wildman–Crippen LogP) is 5.35. The Morgan fingerprint density at radius 3 is 2.48 bits per heavy atom. The first-order chi connectivity index (χ1) is 10.9. The highest BCUT2D eigenvalue weighted by Crippen LogP contribution is 2.68. The van der Waals surface area contributed by atoms with Gasteiger partial charge in [-0.3, -0.25) is 0 Å². The fourth-order valence-electron chi connectivity index (χ4n) is 7.59. The summed E-state index contributed by atoms with van der Waals surface area (Å²) in [5, 5.41) is 13.7. The van der Waals surface area contributed by atoms with Gasteiger partial charge in [-0.2, -0.15) is 0 Å². The topological polar surface area (TPSA) is 20.2 Å². The van der Waals surface area contributed by atoms with Gasteiger partial charge in [0.15, 0.2) is 0 Å². The Balaban J connectivity index is 1.66. The number of hydrogen-bond donors (Lipinski definition) is 1. The van der Waals surface area contributed by atoms with Gasteiger partial charge in [-0.15, -0.1) is 0 Å². The summed E-state index contributed by atoms with van der Waals surface area (Å²) >= 11 is 5.69. The minimum Gasteiger partial charge on any atom is -0.377 e. The molecule has 1 nitrogen and oxygen atoms in total. The minimum absolute atomic E-state index is 0.0477. The Labute approximate surface area is 146 Å². The molecule has 0 spiro atoms. The molecule has 4 aliphatic carbocycles. The highest BCUT2D eigenvalue weighted by molar-refractivity contribution is 6.30. The molecule has 0 aromatic carbocycles. The van der Waals surface area contributed by atoms with E-state index in [4.69, 9.17) is 11.6 Å². The second kappa shape index (κ2) is 5.40. The summed E-state index contributed by atoms with van der Waals surface area (Å²) in [7, 11) is 0. The first kappa shape index (κ1) is 16.3. The molecule has 128 valence electrons. The molecule has 4 fully saturated rings. The van der Waals surface area contributed by atoms with Crippen LogP contribution >= 0.6 is 11.6 Å². The van der Waals surface area contributed by atoms with E-state index in [1.165, 1.54) is 44.9 Å². The third-order valence-electron chi connectivity index (χ3n) is 8.99. The molecule has 0 aromatic rings. The van der Waals surface area contributed by atoms with E-state index in [9.17, 15) is 5.11 Å². The van der Waals surface area contributed by atoms with E-state index in [1.54, 1.807) is 0 Å². The summed E-state index contributed by atoms with van der Waals surface area (Å²) in [6.07, 6.45) is 13.0. The van der Waals surface area contributed by atoms with Gasteiger partial charge in [-0.25, -0.2) is 0 Å². The Morgan fingerprint density at radius 1 is 0.913 bits per heavy atom. The lowest BCUT2D eigenvalue weighted by molar-refractivity contribution is -0.134. The van der Waals surface area contributed by atoms with Crippen LogP contribution in [0.1, 0.15) is 78.1 Å². The molecule has 4 aliphatic rings. The zero-order valence-electron chi connectivity index (χ0n) is 14.7. The molecule has 0 bridgehead atoms. The third kappa shape index (κ3) is 2.10. The zero-order valence-corrected chi connectivity index (χ0v) is 15.5. The maximum Gasteiger partial charge on any atom is 0.132 e. The van der Waals surface area contributed by atoms with E-state index in [1.807, 2.05) is 0 Å². The second-order valence-electron chi connectivity index (χ2n) is 9.48. The quantitative estimate of drug-likeness (QED) is 0.592. The van der Waals surface area contributed by atoms with Gasteiger partial charge in [-0.1, -0.05) is 32.6 Å². The average Bonchev–Trinajstić information content (AvgIpc) is 2.79. The summed E-state index contributed by atoms with van der Waals surface area (Å²) in [4.78, 5) is 0. The van der Waals surface area contributed by atoms with Crippen molar-refractivity contribution in [3.05, 3.63) is 0 Å². The molecule has 4 saturated carbocycles. The number of rotatable bonds is 0. The van der Waals surface area contributed by atoms with Crippen LogP contribution in [0, 0.1) is 45.8 Å². The minimum atomic E-state index is -0.852. The first-order valence-corrected chi connectivity index (χ1v) is 10.2. The normalized spacial score (nSPS) is 55.1. The number of halogens is 1. The molecular formula is C21H31ClO. The van der Waals surface area contributed by atoms with Crippen molar-refractivity contribution in [3.63, 3.8) is 0 Å².